The summed E-state index contributed by atoms with van der Waals surface area (Å²) in [6, 6.07) is 6.90. The average Bonchev–Trinajstić information content (AvgIpc) is 3.54. The zero-order chi connectivity index (χ0) is 25.2. The number of thioether (sulfide) groups is 2. The number of oxime groups is 1. The molecular formula is C21H17N5O6S4. The van der Waals surface area contributed by atoms with E-state index in [0.29, 0.717) is 22.8 Å². The highest BCUT2D eigenvalue weighted by Gasteiger charge is 2.54. The van der Waals surface area contributed by atoms with Crippen LogP contribution in [-0.4, -0.2) is 73.7 Å². The van der Waals surface area contributed by atoms with Crippen LogP contribution < -0.4 is 5.32 Å². The molecule has 0 aliphatic carbocycles. The third kappa shape index (κ3) is 4.78. The number of carbonyl (C=O) groups excluding carboxylic acids is 2. The fourth-order valence-corrected chi connectivity index (χ4v) is 7.66. The monoisotopic (exact) mass is 563 g/mol. The van der Waals surface area contributed by atoms with E-state index >= 15 is 0 Å². The Bertz CT molecular complexity index is 1360. The number of hydrogen-bond acceptors (Lipinski definition) is 12. The molecule has 1 aromatic carbocycles. The molecule has 4 heterocycles. The van der Waals surface area contributed by atoms with E-state index in [-0.39, 0.29) is 11.6 Å². The molecular weight excluding hydrogens is 547 g/mol. The van der Waals surface area contributed by atoms with E-state index in [2.05, 4.69) is 20.4 Å². The first kappa shape index (κ1) is 24.5. The van der Waals surface area contributed by atoms with E-state index in [1.54, 1.807) is 22.2 Å². The number of carbonyl (C=O) groups is 3. The van der Waals surface area contributed by atoms with Gasteiger partial charge in [0.1, 0.15) is 24.2 Å². The van der Waals surface area contributed by atoms with Crippen LogP contribution in [-0.2, 0) is 19.2 Å². The standard InChI is InChI=1S/C21H17N5O6S4/c1-31-25-14(12-8-33-9-22-12)16(27)24-15-17(28)26-18(32-21(29)30)10(6-34-19(15)26)7-35-20-23-11-4-2-3-5-13(11)36-20/h2-5,8-9,15,19H,6-7H2,1H3,(H,24,27)(H,29,30)/t15?,19-/m0/s1. The van der Waals surface area contributed by atoms with Gasteiger partial charge >= 0.3 is 6.16 Å². The van der Waals surface area contributed by atoms with Gasteiger partial charge in [0.15, 0.2) is 10.1 Å². The Kier molecular flexibility index (Phi) is 7.13. The van der Waals surface area contributed by atoms with Gasteiger partial charge in [-0.3, -0.25) is 14.5 Å². The molecule has 3 aromatic rings. The molecule has 5 rings (SSSR count). The third-order valence-electron chi connectivity index (χ3n) is 5.18. The zero-order valence-corrected chi connectivity index (χ0v) is 21.7. The summed E-state index contributed by atoms with van der Waals surface area (Å²) in [7, 11) is 1.31. The predicted molar refractivity (Wildman–Crippen MR) is 137 cm³/mol. The van der Waals surface area contributed by atoms with E-state index in [9.17, 15) is 19.5 Å². The van der Waals surface area contributed by atoms with Gasteiger partial charge < -0.3 is 20.0 Å². The number of carboxylic acid groups (broad SMARTS) is 1. The largest absolute Gasteiger partial charge is 0.512 e. The van der Waals surface area contributed by atoms with Crippen molar-refractivity contribution in [2.75, 3.05) is 18.6 Å². The number of aromatic nitrogens is 2. The summed E-state index contributed by atoms with van der Waals surface area (Å²) < 4.78 is 6.93. The highest BCUT2D eigenvalue weighted by atomic mass is 32.2. The average molecular weight is 564 g/mol. The minimum Gasteiger partial charge on any atom is -0.449 e. The van der Waals surface area contributed by atoms with Crippen molar-refractivity contribution < 1.29 is 29.1 Å². The van der Waals surface area contributed by atoms with E-state index in [1.807, 2.05) is 24.3 Å². The lowest BCUT2D eigenvalue weighted by Crippen LogP contribution is -2.70. The summed E-state index contributed by atoms with van der Waals surface area (Å²) in [6.07, 6.45) is -1.52. The van der Waals surface area contributed by atoms with Crippen LogP contribution in [0.2, 0.25) is 0 Å². The van der Waals surface area contributed by atoms with Crippen LogP contribution in [0.4, 0.5) is 4.79 Å². The van der Waals surface area contributed by atoms with Crippen molar-refractivity contribution in [3.8, 4) is 0 Å². The highest BCUT2D eigenvalue weighted by molar-refractivity contribution is 8.02. The summed E-state index contributed by atoms with van der Waals surface area (Å²) in [4.78, 5) is 52.0. The van der Waals surface area contributed by atoms with Crippen molar-refractivity contribution in [2.24, 2.45) is 5.16 Å². The van der Waals surface area contributed by atoms with Gasteiger partial charge in [0.2, 0.25) is 5.88 Å². The summed E-state index contributed by atoms with van der Waals surface area (Å²) in [6.45, 7) is 0. The second-order valence-corrected chi connectivity index (χ2v) is 11.4. The molecule has 0 radical (unpaired) electrons. The molecule has 2 atom stereocenters. The van der Waals surface area contributed by atoms with Gasteiger partial charge in [0.05, 0.1) is 15.7 Å². The second kappa shape index (κ2) is 10.5. The van der Waals surface area contributed by atoms with Crippen LogP contribution in [0.3, 0.4) is 0 Å². The van der Waals surface area contributed by atoms with Gasteiger partial charge in [-0.25, -0.2) is 14.8 Å². The molecule has 2 aromatic heterocycles. The summed E-state index contributed by atoms with van der Waals surface area (Å²) in [5.74, 6) is -0.290. The van der Waals surface area contributed by atoms with Crippen molar-refractivity contribution in [1.82, 2.24) is 20.2 Å². The smallest absolute Gasteiger partial charge is 0.449 e. The Morgan fingerprint density at radius 3 is 2.92 bits per heavy atom. The molecule has 2 aliphatic rings. The van der Waals surface area contributed by atoms with Gasteiger partial charge in [0, 0.05) is 22.5 Å². The molecule has 1 unspecified atom stereocenters. The minimum absolute atomic E-state index is 0.0133. The number of thiazole rings is 2. The van der Waals surface area contributed by atoms with Gasteiger partial charge in [0.25, 0.3) is 11.8 Å². The number of hydrogen-bond donors (Lipinski definition) is 2. The van der Waals surface area contributed by atoms with Crippen LogP contribution in [0.25, 0.3) is 10.2 Å². The lowest BCUT2D eigenvalue weighted by atomic mass is 10.1. The maximum absolute atomic E-state index is 13.0. The molecule has 1 fully saturated rings. The Morgan fingerprint density at radius 2 is 2.19 bits per heavy atom. The van der Waals surface area contributed by atoms with E-state index in [1.165, 1.54) is 46.9 Å². The van der Waals surface area contributed by atoms with Crippen LogP contribution in [0.15, 0.2) is 56.1 Å². The normalized spacial score (nSPS) is 19.6. The molecule has 2 aliphatic heterocycles. The molecule has 15 heteroatoms. The number of amides is 2. The molecule has 11 nitrogen and oxygen atoms in total. The van der Waals surface area contributed by atoms with Crippen molar-refractivity contribution in [3.63, 3.8) is 0 Å². The van der Waals surface area contributed by atoms with Crippen molar-refractivity contribution in [3.05, 3.63) is 52.3 Å². The highest BCUT2D eigenvalue weighted by Crippen LogP contribution is 2.42. The first-order chi connectivity index (χ1) is 17.5. The third-order valence-corrected chi connectivity index (χ3v) is 9.37. The number of fused-ring (bicyclic) bond motifs is 2. The first-order valence-corrected chi connectivity index (χ1v) is 14.1. The summed E-state index contributed by atoms with van der Waals surface area (Å²) >= 11 is 5.69. The maximum Gasteiger partial charge on any atom is 0.512 e. The molecule has 2 amide bonds. The predicted octanol–water partition coefficient (Wildman–Crippen LogP) is 3.20. The fraction of sp³-hybridized carbons (Fsp3) is 0.238. The molecule has 0 saturated carbocycles. The molecule has 0 spiro atoms. The van der Waals surface area contributed by atoms with Gasteiger partial charge in [-0.1, -0.05) is 29.1 Å². The van der Waals surface area contributed by atoms with E-state index < -0.39 is 29.4 Å². The molecule has 2 N–H and O–H groups in total. The van der Waals surface area contributed by atoms with Gasteiger partial charge in [-0.15, -0.1) is 34.4 Å². The number of rotatable bonds is 8. The topological polar surface area (TPSA) is 143 Å². The lowest BCUT2D eigenvalue weighted by molar-refractivity contribution is -0.148. The lowest BCUT2D eigenvalue weighted by Gasteiger charge is -2.49. The number of nitrogens with one attached hydrogen (secondary N) is 1. The number of benzene rings is 1. The van der Waals surface area contributed by atoms with Gasteiger partial charge in [-0.05, 0) is 12.1 Å². The Balaban J connectivity index is 1.32. The fourth-order valence-electron chi connectivity index (χ4n) is 3.61. The Hall–Kier alpha value is -3.14. The number of β-lactam (4-membered cyclic amide) rings is 1. The SMILES string of the molecule is CON=C(C(=O)NC1C(=O)N2C(OC(=O)O)=C(CSc3nc4ccccc4s3)CS[C@@H]12)c1cscn1. The van der Waals surface area contributed by atoms with Crippen LogP contribution >= 0.6 is 46.2 Å². The molecule has 36 heavy (non-hydrogen) atoms. The Labute approximate surface area is 220 Å². The van der Waals surface area contributed by atoms with Crippen LogP contribution in [0.5, 0.6) is 0 Å². The number of para-hydroxylation sites is 1. The van der Waals surface area contributed by atoms with Crippen molar-refractivity contribution >= 4 is 80.1 Å². The molecule has 0 bridgehead atoms. The maximum atomic E-state index is 13.0. The van der Waals surface area contributed by atoms with Crippen LogP contribution in [0.1, 0.15) is 5.69 Å². The van der Waals surface area contributed by atoms with Gasteiger partial charge in [-0.2, -0.15) is 0 Å². The van der Waals surface area contributed by atoms with Crippen molar-refractivity contribution in [2.45, 2.75) is 15.8 Å². The Morgan fingerprint density at radius 1 is 1.36 bits per heavy atom. The first-order valence-electron chi connectivity index (χ1n) is 10.3. The number of ether oxygens (including phenoxy) is 1. The van der Waals surface area contributed by atoms with E-state index in [0.717, 1.165) is 14.6 Å². The van der Waals surface area contributed by atoms with Crippen molar-refractivity contribution in [1.29, 1.82) is 0 Å². The van der Waals surface area contributed by atoms with E-state index in [4.69, 9.17) is 9.57 Å². The minimum atomic E-state index is -1.52. The summed E-state index contributed by atoms with van der Waals surface area (Å²) in [5.41, 5.74) is 3.36. The second-order valence-electron chi connectivity index (χ2n) is 7.37. The summed E-state index contributed by atoms with van der Waals surface area (Å²) in [5, 5.41) is 16.8. The number of nitrogens with zero attached hydrogens (tertiary/aromatic N) is 4. The quantitative estimate of drug-likeness (QED) is 0.138. The molecule has 186 valence electrons. The molecule has 1 saturated heterocycles. The van der Waals surface area contributed by atoms with Crippen LogP contribution in [0, 0.1) is 0 Å². The zero-order valence-electron chi connectivity index (χ0n) is 18.4.